The van der Waals surface area contributed by atoms with Crippen molar-refractivity contribution < 1.29 is 28.7 Å². The fourth-order valence-corrected chi connectivity index (χ4v) is 4.04. The van der Waals surface area contributed by atoms with Crippen LogP contribution in [0.3, 0.4) is 0 Å². The van der Waals surface area contributed by atoms with E-state index in [4.69, 9.17) is 14.0 Å². The molecular weight excluding hydrogens is 524 g/mol. The highest BCUT2D eigenvalue weighted by Gasteiger charge is 2.50. The second-order valence-corrected chi connectivity index (χ2v) is 10.4. The molecule has 0 aliphatic carbocycles. The molecule has 1 atom stereocenters. The minimum Gasteiger partial charge on any atom is -0.480 e. The number of aliphatic carboxylic acids is 1. The first-order valence-corrected chi connectivity index (χ1v) is 12.7. The third-order valence-corrected chi connectivity index (χ3v) is 7.06. The van der Waals surface area contributed by atoms with E-state index in [2.05, 4.69) is 27.9 Å². The van der Waals surface area contributed by atoms with Crippen LogP contribution in [-0.2, 0) is 25.4 Å². The molecule has 1 aromatic rings. The van der Waals surface area contributed by atoms with Crippen molar-refractivity contribution in [3.63, 3.8) is 0 Å². The first-order valence-electron chi connectivity index (χ1n) is 11.2. The number of unbranched alkanes of at least 4 members (excludes halogenated alkanes) is 1. The topological polar surface area (TPSA) is 94.1 Å². The van der Waals surface area contributed by atoms with Crippen LogP contribution in [0.5, 0.6) is 0 Å². The molecule has 0 saturated carbocycles. The van der Waals surface area contributed by atoms with Crippen molar-refractivity contribution in [1.29, 1.82) is 0 Å². The van der Waals surface area contributed by atoms with Gasteiger partial charge in [0.2, 0.25) is 0 Å². The highest BCUT2D eigenvalue weighted by molar-refractivity contribution is 14.1. The number of ether oxygens (including phenoxy) is 1. The maximum Gasteiger partial charge on any atom is 0.457 e. The molecular formula is C23H35BINO6. The number of amides is 1. The monoisotopic (exact) mass is 559 g/mol. The number of nitrogens with one attached hydrogen (secondary N) is 1. The normalized spacial score (nSPS) is 18.7. The molecule has 2 N–H and O–H groups in total. The Balaban J connectivity index is 1.92. The number of hydrogen-bond acceptors (Lipinski definition) is 5. The summed E-state index contributed by atoms with van der Waals surface area (Å²) in [6.45, 7) is 8.14. The Morgan fingerprint density at radius 3 is 2.22 bits per heavy atom. The molecule has 1 amide bonds. The number of benzene rings is 1. The summed E-state index contributed by atoms with van der Waals surface area (Å²) in [7, 11) is -0.308. The van der Waals surface area contributed by atoms with Crippen molar-refractivity contribution in [2.75, 3.05) is 4.43 Å². The molecule has 0 radical (unpaired) electrons. The third-order valence-electron chi connectivity index (χ3n) is 6.30. The van der Waals surface area contributed by atoms with Gasteiger partial charge >= 0.3 is 19.2 Å². The number of carbonyl (C=O) groups excluding carboxylic acids is 1. The molecule has 1 aromatic carbocycles. The average molecular weight is 559 g/mol. The molecule has 7 nitrogen and oxygen atoms in total. The van der Waals surface area contributed by atoms with Gasteiger partial charge in [0.15, 0.2) is 0 Å². The number of hydrogen-bond donors (Lipinski definition) is 2. The Labute approximate surface area is 205 Å². The van der Waals surface area contributed by atoms with Gasteiger partial charge in [-0.25, -0.2) is 9.59 Å². The molecule has 0 bridgehead atoms. The van der Waals surface area contributed by atoms with Crippen LogP contribution in [0.2, 0.25) is 6.32 Å². The van der Waals surface area contributed by atoms with E-state index in [1.54, 1.807) is 0 Å². The smallest absolute Gasteiger partial charge is 0.457 e. The van der Waals surface area contributed by atoms with E-state index in [1.165, 1.54) is 0 Å². The fourth-order valence-electron chi connectivity index (χ4n) is 3.66. The molecule has 1 aliphatic rings. The number of alkyl carbamates (subject to hydrolysis) is 1. The lowest BCUT2D eigenvalue weighted by atomic mass is 9.80. The van der Waals surface area contributed by atoms with Crippen LogP contribution in [-0.4, -0.2) is 45.5 Å². The summed E-state index contributed by atoms with van der Waals surface area (Å²) >= 11 is 2.22. The first kappa shape index (κ1) is 26.9. The molecule has 1 heterocycles. The lowest BCUT2D eigenvalue weighted by Gasteiger charge is -2.32. The maximum absolute atomic E-state index is 12.4. The van der Waals surface area contributed by atoms with Crippen LogP contribution >= 0.6 is 22.6 Å². The van der Waals surface area contributed by atoms with Gasteiger partial charge in [0, 0.05) is 0 Å². The van der Waals surface area contributed by atoms with E-state index in [1.807, 2.05) is 58.0 Å². The Hall–Kier alpha value is -1.33. The lowest BCUT2D eigenvalue weighted by Crippen LogP contribution is -2.54. The summed E-state index contributed by atoms with van der Waals surface area (Å²) in [4.78, 5) is 24.7. The molecule has 0 aromatic heterocycles. The third kappa shape index (κ3) is 7.35. The summed E-state index contributed by atoms with van der Waals surface area (Å²) in [5.74, 6) is -1.03. The van der Waals surface area contributed by atoms with Gasteiger partial charge in [0.1, 0.15) is 12.1 Å². The van der Waals surface area contributed by atoms with Crippen LogP contribution in [0.25, 0.3) is 0 Å². The van der Waals surface area contributed by atoms with Crippen LogP contribution < -0.4 is 5.32 Å². The van der Waals surface area contributed by atoms with Gasteiger partial charge in [0.05, 0.1) is 11.2 Å². The van der Waals surface area contributed by atoms with Gasteiger partial charge in [-0.15, -0.1) is 0 Å². The Morgan fingerprint density at radius 2 is 1.66 bits per heavy atom. The van der Waals surface area contributed by atoms with E-state index in [0.29, 0.717) is 32.0 Å². The minimum absolute atomic E-state index is 0.0938. The molecule has 9 heteroatoms. The van der Waals surface area contributed by atoms with Crippen molar-refractivity contribution in [2.45, 2.75) is 89.5 Å². The van der Waals surface area contributed by atoms with Gasteiger partial charge in [-0.3, -0.25) is 0 Å². The predicted molar refractivity (Wildman–Crippen MR) is 133 cm³/mol. The van der Waals surface area contributed by atoms with Crippen LogP contribution in [0, 0.1) is 0 Å². The van der Waals surface area contributed by atoms with Gasteiger partial charge in [-0.2, -0.15) is 0 Å². The van der Waals surface area contributed by atoms with Crippen molar-refractivity contribution in [3.8, 4) is 0 Å². The summed E-state index contributed by atoms with van der Waals surface area (Å²) < 4.78 is 18.1. The predicted octanol–water partition coefficient (Wildman–Crippen LogP) is 5.21. The second-order valence-electron chi connectivity index (χ2n) is 9.30. The van der Waals surface area contributed by atoms with E-state index < -0.39 is 17.6 Å². The standard InChI is InChI=1S/C23H35BINO6/c1-21(2)22(3,4)32-24(31-21)15-9-8-13-23(19(27)28,14-10-16-25)26-20(29)30-17-18-11-6-5-7-12-18/h5-7,11-12H,8-10,13-17H2,1-4H3,(H,26,29)(H,27,28). The quantitative estimate of drug-likeness (QED) is 0.158. The molecule has 2 rings (SSSR count). The van der Waals surface area contributed by atoms with Crippen molar-refractivity contribution in [2.24, 2.45) is 0 Å². The lowest BCUT2D eigenvalue weighted by molar-refractivity contribution is -0.145. The zero-order valence-electron chi connectivity index (χ0n) is 19.5. The maximum atomic E-state index is 12.4. The van der Waals surface area contributed by atoms with Gasteiger partial charge in [0.25, 0.3) is 0 Å². The molecule has 178 valence electrons. The average Bonchev–Trinajstić information content (AvgIpc) is 2.94. The number of halogens is 1. The number of carbonyl (C=O) groups is 2. The number of carboxylic acid groups (broad SMARTS) is 1. The molecule has 32 heavy (non-hydrogen) atoms. The Morgan fingerprint density at radius 1 is 1.06 bits per heavy atom. The molecule has 1 saturated heterocycles. The summed E-state index contributed by atoms with van der Waals surface area (Å²) in [6, 6.07) is 9.30. The summed E-state index contributed by atoms with van der Waals surface area (Å²) in [6.07, 6.45) is 2.67. The SMILES string of the molecule is CC1(C)OB(CCCCC(CCCI)(NC(=O)OCc2ccccc2)C(=O)O)OC1(C)C. The Kier molecular flexibility index (Phi) is 9.84. The van der Waals surface area contributed by atoms with E-state index in [-0.39, 0.29) is 24.9 Å². The van der Waals surface area contributed by atoms with Gasteiger partial charge in [-0.05, 0) is 63.3 Å². The fraction of sp³-hybridized carbons (Fsp3) is 0.652. The van der Waals surface area contributed by atoms with Crippen molar-refractivity contribution in [1.82, 2.24) is 5.32 Å². The largest absolute Gasteiger partial charge is 0.480 e. The summed E-state index contributed by atoms with van der Waals surface area (Å²) in [5.41, 5.74) is -1.27. The zero-order valence-corrected chi connectivity index (χ0v) is 21.6. The van der Waals surface area contributed by atoms with Gasteiger partial charge < -0.3 is 24.5 Å². The number of rotatable bonds is 12. The first-order chi connectivity index (χ1) is 15.0. The number of carboxylic acids is 1. The summed E-state index contributed by atoms with van der Waals surface area (Å²) in [5, 5.41) is 12.7. The van der Waals surface area contributed by atoms with Crippen molar-refractivity contribution >= 4 is 41.8 Å². The van der Waals surface area contributed by atoms with Crippen LogP contribution in [0.4, 0.5) is 4.79 Å². The van der Waals surface area contributed by atoms with Crippen LogP contribution in [0.1, 0.15) is 65.4 Å². The molecule has 1 unspecified atom stereocenters. The number of alkyl halides is 1. The second kappa shape index (κ2) is 11.7. The van der Waals surface area contributed by atoms with Crippen molar-refractivity contribution in [3.05, 3.63) is 35.9 Å². The highest BCUT2D eigenvalue weighted by Crippen LogP contribution is 2.38. The van der Waals surface area contributed by atoms with E-state index in [9.17, 15) is 14.7 Å². The van der Waals surface area contributed by atoms with Gasteiger partial charge in [-0.1, -0.05) is 65.8 Å². The molecule has 1 aliphatic heterocycles. The molecule has 1 fully saturated rings. The molecule has 0 spiro atoms. The Bertz CT molecular complexity index is 744. The van der Waals surface area contributed by atoms with Crippen LogP contribution in [0.15, 0.2) is 30.3 Å². The van der Waals surface area contributed by atoms with E-state index >= 15 is 0 Å². The highest BCUT2D eigenvalue weighted by atomic mass is 127. The minimum atomic E-state index is -1.35. The zero-order chi connectivity index (χ0) is 23.8. The van der Waals surface area contributed by atoms with E-state index in [0.717, 1.165) is 16.4 Å².